The molecule has 0 bridgehead atoms. The van der Waals surface area contributed by atoms with Crippen LogP contribution in [-0.4, -0.2) is 37.0 Å². The van der Waals surface area contributed by atoms with Crippen LogP contribution in [0.1, 0.15) is 18.4 Å². The van der Waals surface area contributed by atoms with E-state index in [1.165, 1.54) is 24.3 Å². The van der Waals surface area contributed by atoms with E-state index in [0.29, 0.717) is 12.1 Å². The summed E-state index contributed by atoms with van der Waals surface area (Å²) < 4.78 is 26.9. The number of carboxylic acid groups (broad SMARTS) is 1. The molecule has 0 spiro atoms. The highest BCUT2D eigenvalue weighted by Crippen LogP contribution is 2.46. The van der Waals surface area contributed by atoms with Crippen molar-refractivity contribution in [1.29, 1.82) is 0 Å². The second-order valence-corrected chi connectivity index (χ2v) is 7.97. The molecule has 2 N–H and O–H groups in total. The van der Waals surface area contributed by atoms with Gasteiger partial charge in [0.15, 0.2) is 0 Å². The zero-order chi connectivity index (χ0) is 14.8. The maximum Gasteiger partial charge on any atom is 0.307 e. The van der Waals surface area contributed by atoms with Gasteiger partial charge in [0.05, 0.1) is 11.3 Å². The predicted octanol–water partition coefficient (Wildman–Crippen LogP) is 1.49. The lowest BCUT2D eigenvalue weighted by Crippen LogP contribution is -2.31. The molecule has 1 aromatic carbocycles. The van der Waals surface area contributed by atoms with Gasteiger partial charge in [0, 0.05) is 11.3 Å². The minimum Gasteiger partial charge on any atom is -0.481 e. The van der Waals surface area contributed by atoms with Crippen LogP contribution in [0.5, 0.6) is 0 Å². The Morgan fingerprint density at radius 3 is 2.40 bits per heavy atom. The Kier molecular flexibility index (Phi) is 4.41. The summed E-state index contributed by atoms with van der Waals surface area (Å²) in [6.45, 7) is 0.438. The minimum atomic E-state index is -3.52. The lowest BCUT2D eigenvalue weighted by atomic mass is 10.2. The molecule has 7 heteroatoms. The summed E-state index contributed by atoms with van der Waals surface area (Å²) in [5.74, 6) is -0.936. The summed E-state index contributed by atoms with van der Waals surface area (Å²) in [5, 5.41) is 8.67. The van der Waals surface area contributed by atoms with E-state index < -0.39 is 16.0 Å². The predicted molar refractivity (Wildman–Crippen MR) is 78.5 cm³/mol. The van der Waals surface area contributed by atoms with E-state index >= 15 is 0 Å². The Morgan fingerprint density at radius 2 is 1.95 bits per heavy atom. The first kappa shape index (κ1) is 15.3. The monoisotopic (exact) mass is 315 g/mol. The van der Waals surface area contributed by atoms with Gasteiger partial charge in [-0.05, 0) is 36.8 Å². The van der Waals surface area contributed by atoms with Crippen LogP contribution >= 0.6 is 11.8 Å². The highest BCUT2D eigenvalue weighted by molar-refractivity contribution is 8.00. The summed E-state index contributed by atoms with van der Waals surface area (Å²) >= 11 is 1.69. The average Bonchev–Trinajstić information content (AvgIpc) is 3.17. The zero-order valence-corrected chi connectivity index (χ0v) is 12.8. The topological polar surface area (TPSA) is 83.5 Å². The van der Waals surface area contributed by atoms with Crippen LogP contribution in [0.4, 0.5) is 0 Å². The van der Waals surface area contributed by atoms with Gasteiger partial charge in [0.25, 0.3) is 0 Å². The Labute approximate surface area is 122 Å². The van der Waals surface area contributed by atoms with E-state index in [1.54, 1.807) is 11.8 Å². The lowest BCUT2D eigenvalue weighted by Gasteiger charge is -2.13. The summed E-state index contributed by atoms with van der Waals surface area (Å²) in [5.41, 5.74) is 0.583. The fourth-order valence-corrected chi connectivity index (χ4v) is 3.81. The third-order valence-corrected chi connectivity index (χ3v) is 6.25. The minimum absolute atomic E-state index is 0.0658. The van der Waals surface area contributed by atoms with Crippen molar-refractivity contribution in [2.24, 2.45) is 0 Å². The fraction of sp³-hybridized carbons (Fsp3) is 0.462. The van der Waals surface area contributed by atoms with Crippen LogP contribution in [0.25, 0.3) is 0 Å². The van der Waals surface area contributed by atoms with E-state index in [2.05, 4.69) is 4.72 Å². The number of carboxylic acids is 1. The molecule has 5 nitrogen and oxygen atoms in total. The SMILES string of the molecule is CSC1(CNS(=O)(=O)c2ccc(CC(=O)O)cc2)CC1. The van der Waals surface area contributed by atoms with Gasteiger partial charge in [-0.15, -0.1) is 0 Å². The van der Waals surface area contributed by atoms with Gasteiger partial charge in [0.2, 0.25) is 10.0 Å². The van der Waals surface area contributed by atoms with E-state index in [9.17, 15) is 13.2 Å². The standard InChI is InChI=1S/C13H17NO4S2/c1-19-13(6-7-13)9-14-20(17,18)11-4-2-10(3-5-11)8-12(15)16/h2-5,14H,6-9H2,1H3,(H,15,16). The Balaban J connectivity index is 2.03. The molecule has 0 radical (unpaired) electrons. The number of hydrogen-bond donors (Lipinski definition) is 2. The second kappa shape index (κ2) is 5.75. The van der Waals surface area contributed by atoms with Gasteiger partial charge in [-0.25, -0.2) is 13.1 Å². The molecule has 0 unspecified atom stereocenters. The first-order chi connectivity index (χ1) is 9.37. The number of thioether (sulfide) groups is 1. The Morgan fingerprint density at radius 1 is 1.35 bits per heavy atom. The number of rotatable bonds is 7. The van der Waals surface area contributed by atoms with E-state index in [4.69, 9.17) is 5.11 Å². The van der Waals surface area contributed by atoms with Crippen LogP contribution in [0.2, 0.25) is 0 Å². The average molecular weight is 315 g/mol. The molecular formula is C13H17NO4S2. The van der Waals surface area contributed by atoms with Crippen molar-refractivity contribution in [2.45, 2.75) is 28.9 Å². The van der Waals surface area contributed by atoms with Gasteiger partial charge in [0.1, 0.15) is 0 Å². The van der Waals surface area contributed by atoms with E-state index in [0.717, 1.165) is 12.8 Å². The number of nitrogens with one attached hydrogen (secondary N) is 1. The summed E-state index contributed by atoms with van der Waals surface area (Å²) in [6.07, 6.45) is 3.95. The molecule has 20 heavy (non-hydrogen) atoms. The van der Waals surface area contributed by atoms with Crippen LogP contribution < -0.4 is 4.72 Å². The normalized spacial score (nSPS) is 16.9. The smallest absolute Gasteiger partial charge is 0.307 e. The fourth-order valence-electron chi connectivity index (χ4n) is 1.86. The third-order valence-electron chi connectivity index (χ3n) is 3.41. The van der Waals surface area contributed by atoms with Crippen molar-refractivity contribution >= 4 is 27.8 Å². The van der Waals surface area contributed by atoms with Crippen molar-refractivity contribution in [3.05, 3.63) is 29.8 Å². The number of aliphatic carboxylic acids is 1. The zero-order valence-electron chi connectivity index (χ0n) is 11.1. The summed E-state index contributed by atoms with van der Waals surface area (Å²) in [4.78, 5) is 10.7. The molecule has 0 aliphatic heterocycles. The summed E-state index contributed by atoms with van der Waals surface area (Å²) in [7, 11) is -3.52. The van der Waals surface area contributed by atoms with Gasteiger partial charge in [-0.1, -0.05) is 12.1 Å². The summed E-state index contributed by atoms with van der Waals surface area (Å²) in [6, 6.07) is 5.95. The van der Waals surface area contributed by atoms with Crippen molar-refractivity contribution in [2.75, 3.05) is 12.8 Å². The first-order valence-electron chi connectivity index (χ1n) is 6.22. The third kappa shape index (κ3) is 3.74. The number of sulfonamides is 1. The van der Waals surface area contributed by atoms with E-state index in [1.807, 2.05) is 6.26 Å². The van der Waals surface area contributed by atoms with Gasteiger partial charge in [-0.3, -0.25) is 4.79 Å². The molecule has 1 saturated carbocycles. The molecule has 0 amide bonds. The van der Waals surface area contributed by atoms with Crippen LogP contribution in [-0.2, 0) is 21.2 Å². The first-order valence-corrected chi connectivity index (χ1v) is 8.93. The highest BCUT2D eigenvalue weighted by atomic mass is 32.2. The van der Waals surface area contributed by atoms with Crippen molar-refractivity contribution < 1.29 is 18.3 Å². The lowest BCUT2D eigenvalue weighted by molar-refractivity contribution is -0.136. The number of carbonyl (C=O) groups is 1. The quantitative estimate of drug-likeness (QED) is 0.796. The van der Waals surface area contributed by atoms with Gasteiger partial charge in [-0.2, -0.15) is 11.8 Å². The van der Waals surface area contributed by atoms with Crippen LogP contribution in [0.3, 0.4) is 0 Å². The van der Waals surface area contributed by atoms with Crippen molar-refractivity contribution in [3.63, 3.8) is 0 Å². The molecule has 110 valence electrons. The molecule has 2 rings (SSSR count). The molecule has 0 saturated heterocycles. The molecule has 0 aromatic heterocycles. The number of hydrogen-bond acceptors (Lipinski definition) is 4. The van der Waals surface area contributed by atoms with Crippen molar-refractivity contribution in [1.82, 2.24) is 4.72 Å². The molecule has 0 heterocycles. The molecule has 1 aromatic rings. The molecule has 1 aliphatic carbocycles. The highest BCUT2D eigenvalue weighted by Gasteiger charge is 2.42. The molecule has 1 fully saturated rings. The van der Waals surface area contributed by atoms with Crippen LogP contribution in [0.15, 0.2) is 29.2 Å². The second-order valence-electron chi connectivity index (χ2n) is 4.93. The maximum absolute atomic E-state index is 12.1. The Bertz CT molecular complexity index is 591. The molecular weight excluding hydrogens is 298 g/mol. The van der Waals surface area contributed by atoms with Crippen LogP contribution in [0, 0.1) is 0 Å². The van der Waals surface area contributed by atoms with Gasteiger partial charge >= 0.3 is 5.97 Å². The Hall–Kier alpha value is -1.05. The largest absolute Gasteiger partial charge is 0.481 e. The number of benzene rings is 1. The van der Waals surface area contributed by atoms with Crippen molar-refractivity contribution in [3.8, 4) is 0 Å². The molecule has 1 aliphatic rings. The van der Waals surface area contributed by atoms with Gasteiger partial charge < -0.3 is 5.11 Å². The maximum atomic E-state index is 12.1. The van der Waals surface area contributed by atoms with E-state index in [-0.39, 0.29) is 16.1 Å². The molecule has 0 atom stereocenters.